The summed E-state index contributed by atoms with van der Waals surface area (Å²) in [5.41, 5.74) is 6.42. The van der Waals surface area contributed by atoms with Crippen LogP contribution in [0.5, 0.6) is 0 Å². The van der Waals surface area contributed by atoms with Gasteiger partial charge in [-0.3, -0.25) is 0 Å². The van der Waals surface area contributed by atoms with Crippen molar-refractivity contribution in [3.8, 4) is 0 Å². The van der Waals surface area contributed by atoms with Crippen LogP contribution in [0.1, 0.15) is 24.4 Å². The zero-order valence-electron chi connectivity index (χ0n) is 7.54. The summed E-state index contributed by atoms with van der Waals surface area (Å²) in [6.45, 7) is 0. The van der Waals surface area contributed by atoms with Crippen molar-refractivity contribution in [3.05, 3.63) is 34.6 Å². The second kappa shape index (κ2) is 4.47. The van der Waals surface area contributed by atoms with Crippen LogP contribution < -0.4 is 5.73 Å². The Kier molecular flexibility index (Phi) is 3.76. The van der Waals surface area contributed by atoms with Crippen molar-refractivity contribution < 1.29 is 4.39 Å². The Labute approximate surface area is 93.8 Å². The van der Waals surface area contributed by atoms with Crippen LogP contribution in [-0.4, -0.2) is 0 Å². The molecule has 0 saturated heterocycles. The van der Waals surface area contributed by atoms with Crippen molar-refractivity contribution in [2.45, 2.75) is 18.9 Å². The minimum absolute atomic E-state index is 0. The maximum absolute atomic E-state index is 13.4. The molecule has 0 aliphatic heterocycles. The average Bonchev–Trinajstić information content (AvgIpc) is 2.91. The monoisotopic (exact) mass is 235 g/mol. The highest BCUT2D eigenvalue weighted by atomic mass is 35.5. The van der Waals surface area contributed by atoms with Crippen molar-refractivity contribution in [1.82, 2.24) is 0 Å². The van der Waals surface area contributed by atoms with Gasteiger partial charge in [-0.05, 0) is 24.8 Å². The minimum Gasteiger partial charge on any atom is -0.324 e. The lowest BCUT2D eigenvalue weighted by molar-refractivity contribution is 0.554. The Morgan fingerprint density at radius 3 is 2.64 bits per heavy atom. The van der Waals surface area contributed by atoms with Gasteiger partial charge in [-0.2, -0.15) is 0 Å². The first kappa shape index (κ1) is 11.8. The molecule has 1 nitrogen and oxygen atoms in total. The van der Waals surface area contributed by atoms with E-state index in [1.54, 1.807) is 18.2 Å². The second-order valence-electron chi connectivity index (χ2n) is 3.51. The maximum atomic E-state index is 13.4. The molecule has 0 radical (unpaired) electrons. The van der Waals surface area contributed by atoms with Crippen LogP contribution in [-0.2, 0) is 0 Å². The predicted octanol–water partition coefficient (Wildman–Crippen LogP) is 3.31. The number of halogens is 3. The molecule has 4 heteroatoms. The number of hydrogen-bond acceptors (Lipinski definition) is 1. The van der Waals surface area contributed by atoms with Gasteiger partial charge in [-0.1, -0.05) is 23.7 Å². The van der Waals surface area contributed by atoms with Gasteiger partial charge < -0.3 is 5.73 Å². The summed E-state index contributed by atoms with van der Waals surface area (Å²) in [6.07, 6.45) is 2.21. The Morgan fingerprint density at radius 1 is 1.43 bits per heavy atom. The molecule has 2 N–H and O–H groups in total. The zero-order chi connectivity index (χ0) is 9.42. The molecule has 1 aromatic rings. The summed E-state index contributed by atoms with van der Waals surface area (Å²) >= 11 is 5.65. The molecule has 1 saturated carbocycles. The summed E-state index contributed by atoms with van der Waals surface area (Å²) in [5.74, 6) is 0.0940. The summed E-state index contributed by atoms with van der Waals surface area (Å²) < 4.78 is 13.4. The van der Waals surface area contributed by atoms with E-state index in [-0.39, 0.29) is 29.3 Å². The molecule has 1 aliphatic rings. The lowest BCUT2D eigenvalue weighted by Gasteiger charge is -2.11. The molecular formula is C10H12Cl2FN. The first-order chi connectivity index (χ1) is 6.20. The van der Waals surface area contributed by atoms with Gasteiger partial charge in [0.1, 0.15) is 5.82 Å². The highest BCUT2D eigenvalue weighted by Gasteiger charge is 2.31. The summed E-state index contributed by atoms with van der Waals surface area (Å²) in [4.78, 5) is 0. The van der Waals surface area contributed by atoms with Crippen LogP contribution in [0.15, 0.2) is 18.2 Å². The van der Waals surface area contributed by atoms with E-state index in [9.17, 15) is 4.39 Å². The first-order valence-corrected chi connectivity index (χ1v) is 4.77. The van der Waals surface area contributed by atoms with E-state index in [0.717, 1.165) is 12.8 Å². The van der Waals surface area contributed by atoms with Gasteiger partial charge in [0.15, 0.2) is 0 Å². The van der Waals surface area contributed by atoms with E-state index >= 15 is 0 Å². The zero-order valence-corrected chi connectivity index (χ0v) is 9.11. The lowest BCUT2D eigenvalue weighted by atomic mass is 10.0. The molecule has 78 valence electrons. The Morgan fingerprint density at radius 2 is 2.07 bits per heavy atom. The molecule has 0 bridgehead atoms. The van der Waals surface area contributed by atoms with E-state index in [1.807, 2.05) is 0 Å². The Bertz CT molecular complexity index is 326. The van der Waals surface area contributed by atoms with Gasteiger partial charge in [0.05, 0.1) is 5.02 Å². The van der Waals surface area contributed by atoms with Crippen molar-refractivity contribution in [2.75, 3.05) is 0 Å². The third-order valence-electron chi connectivity index (χ3n) is 2.47. The van der Waals surface area contributed by atoms with Crippen LogP contribution in [0.4, 0.5) is 4.39 Å². The van der Waals surface area contributed by atoms with Crippen LogP contribution in [0, 0.1) is 11.7 Å². The van der Waals surface area contributed by atoms with Gasteiger partial charge in [-0.25, -0.2) is 4.39 Å². The van der Waals surface area contributed by atoms with Gasteiger partial charge >= 0.3 is 0 Å². The molecule has 0 unspecified atom stereocenters. The fraction of sp³-hybridized carbons (Fsp3) is 0.400. The second-order valence-corrected chi connectivity index (χ2v) is 3.91. The number of hydrogen-bond donors (Lipinski definition) is 1. The standard InChI is InChI=1S/C10H11ClFN.ClH/c11-8-3-1-2-7(9(8)12)10(13)6-4-5-6;/h1-3,6,10H,4-5,13H2;1H/t10-;/m0./s1. The molecule has 1 fully saturated rings. The van der Waals surface area contributed by atoms with Crippen LogP contribution in [0.3, 0.4) is 0 Å². The van der Waals surface area contributed by atoms with E-state index in [2.05, 4.69) is 0 Å². The lowest BCUT2D eigenvalue weighted by Crippen LogP contribution is -2.14. The number of benzene rings is 1. The summed E-state index contributed by atoms with van der Waals surface area (Å²) in [5, 5.41) is 0.161. The van der Waals surface area contributed by atoms with Gasteiger partial charge in [0.25, 0.3) is 0 Å². The predicted molar refractivity (Wildman–Crippen MR) is 58.3 cm³/mol. The van der Waals surface area contributed by atoms with Crippen molar-refractivity contribution in [2.24, 2.45) is 11.7 Å². The fourth-order valence-electron chi connectivity index (χ4n) is 1.49. The quantitative estimate of drug-likeness (QED) is 0.837. The van der Waals surface area contributed by atoms with Crippen LogP contribution >= 0.6 is 24.0 Å². The first-order valence-electron chi connectivity index (χ1n) is 4.39. The van der Waals surface area contributed by atoms with Gasteiger partial charge in [0.2, 0.25) is 0 Å². The van der Waals surface area contributed by atoms with E-state index in [0.29, 0.717) is 11.5 Å². The molecule has 2 rings (SSSR count). The smallest absolute Gasteiger partial charge is 0.146 e. The molecular weight excluding hydrogens is 224 g/mol. The van der Waals surface area contributed by atoms with Crippen LogP contribution in [0.2, 0.25) is 5.02 Å². The van der Waals surface area contributed by atoms with Crippen molar-refractivity contribution in [1.29, 1.82) is 0 Å². The molecule has 0 spiro atoms. The van der Waals surface area contributed by atoms with Gasteiger partial charge in [0, 0.05) is 11.6 Å². The third-order valence-corrected chi connectivity index (χ3v) is 2.76. The molecule has 1 aromatic carbocycles. The van der Waals surface area contributed by atoms with E-state index in [4.69, 9.17) is 17.3 Å². The number of nitrogens with two attached hydrogens (primary N) is 1. The van der Waals surface area contributed by atoms with Crippen molar-refractivity contribution in [3.63, 3.8) is 0 Å². The Hall–Kier alpha value is -0.310. The van der Waals surface area contributed by atoms with Gasteiger partial charge in [-0.15, -0.1) is 12.4 Å². The molecule has 14 heavy (non-hydrogen) atoms. The normalized spacial score (nSPS) is 17.4. The minimum atomic E-state index is -0.358. The SMILES string of the molecule is Cl.N[C@H](c1cccc(Cl)c1F)C1CC1. The van der Waals surface area contributed by atoms with E-state index in [1.165, 1.54) is 0 Å². The molecule has 1 atom stereocenters. The topological polar surface area (TPSA) is 26.0 Å². The van der Waals surface area contributed by atoms with Crippen molar-refractivity contribution >= 4 is 24.0 Å². The molecule has 1 aliphatic carbocycles. The molecule has 0 aromatic heterocycles. The number of rotatable bonds is 2. The summed E-state index contributed by atoms with van der Waals surface area (Å²) in [6, 6.07) is 4.81. The largest absolute Gasteiger partial charge is 0.324 e. The van der Waals surface area contributed by atoms with E-state index < -0.39 is 0 Å². The third kappa shape index (κ3) is 2.19. The average molecular weight is 236 g/mol. The maximum Gasteiger partial charge on any atom is 0.146 e. The fourth-order valence-corrected chi connectivity index (χ4v) is 1.67. The highest BCUT2D eigenvalue weighted by molar-refractivity contribution is 6.30. The molecule has 0 amide bonds. The highest BCUT2D eigenvalue weighted by Crippen LogP contribution is 2.40. The Balaban J connectivity index is 0.000000980. The molecule has 0 heterocycles. The van der Waals surface area contributed by atoms with Crippen LogP contribution in [0.25, 0.3) is 0 Å². The summed E-state index contributed by atoms with van der Waals surface area (Å²) in [7, 11) is 0.